The predicted octanol–water partition coefficient (Wildman–Crippen LogP) is 1.08. The van der Waals surface area contributed by atoms with Gasteiger partial charge in [-0.3, -0.25) is 4.79 Å². The van der Waals surface area contributed by atoms with Crippen LogP contribution in [0, 0.1) is 0 Å². The van der Waals surface area contributed by atoms with Crippen molar-refractivity contribution >= 4 is 11.4 Å². The highest BCUT2D eigenvalue weighted by Crippen LogP contribution is 2.13. The highest BCUT2D eigenvalue weighted by atomic mass is 16.1. The molecule has 0 fully saturated rings. The predicted molar refractivity (Wildman–Crippen MR) is 69.9 cm³/mol. The molecule has 0 radical (unpaired) electrons. The number of nitrogens with zero attached hydrogens (tertiary/aromatic N) is 2. The molecule has 0 aliphatic carbocycles. The minimum atomic E-state index is -0.311. The van der Waals surface area contributed by atoms with Gasteiger partial charge in [0.15, 0.2) is 0 Å². The lowest BCUT2D eigenvalue weighted by Gasteiger charge is -2.24. The molecule has 5 heteroatoms. The zero-order chi connectivity index (χ0) is 13.2. The normalized spacial score (nSPS) is 11.9. The van der Waals surface area contributed by atoms with Crippen LogP contribution in [0.5, 0.6) is 0 Å². The summed E-state index contributed by atoms with van der Waals surface area (Å²) in [5, 5.41) is 7.60. The molecule has 2 rings (SSSR count). The third-order valence-electron chi connectivity index (χ3n) is 2.88. The number of fused-ring (bicyclic) bond motifs is 1. The average Bonchev–Trinajstić information content (AvgIpc) is 2.68. The van der Waals surface area contributed by atoms with Gasteiger partial charge in [0.05, 0.1) is 11.7 Å². The molecule has 0 atom stereocenters. The maximum atomic E-state index is 11.0. The highest BCUT2D eigenvalue weighted by Gasteiger charge is 2.20. The zero-order valence-electron chi connectivity index (χ0n) is 10.7. The van der Waals surface area contributed by atoms with Gasteiger partial charge in [-0.05, 0) is 26.0 Å². The van der Waals surface area contributed by atoms with Crippen molar-refractivity contribution in [3.05, 3.63) is 36.2 Å². The number of aromatic nitrogens is 2. The van der Waals surface area contributed by atoms with Crippen molar-refractivity contribution in [1.82, 2.24) is 14.9 Å². The third-order valence-corrected chi connectivity index (χ3v) is 2.88. The van der Waals surface area contributed by atoms with Crippen LogP contribution < -0.4 is 11.1 Å². The van der Waals surface area contributed by atoms with E-state index in [1.165, 1.54) is 0 Å². The number of amides is 1. The molecule has 0 saturated carbocycles. The molecule has 0 saturated heterocycles. The van der Waals surface area contributed by atoms with Crippen LogP contribution in [-0.2, 0) is 11.3 Å². The second-order valence-corrected chi connectivity index (χ2v) is 5.08. The molecule has 3 N–H and O–H groups in total. The molecule has 1 amide bonds. The van der Waals surface area contributed by atoms with Crippen molar-refractivity contribution in [3.63, 3.8) is 0 Å². The first-order chi connectivity index (χ1) is 8.48. The van der Waals surface area contributed by atoms with Gasteiger partial charge < -0.3 is 11.1 Å². The maximum Gasteiger partial charge on any atom is 0.219 e. The molecule has 96 valence electrons. The monoisotopic (exact) mass is 246 g/mol. The van der Waals surface area contributed by atoms with Crippen molar-refractivity contribution in [2.45, 2.75) is 32.4 Å². The lowest BCUT2D eigenvalue weighted by atomic mass is 10.00. The van der Waals surface area contributed by atoms with Crippen LogP contribution in [0.4, 0.5) is 0 Å². The van der Waals surface area contributed by atoms with Gasteiger partial charge in [0.25, 0.3) is 0 Å². The summed E-state index contributed by atoms with van der Waals surface area (Å²) in [6.45, 7) is 4.58. The number of nitrogens with one attached hydrogen (secondary N) is 1. The summed E-state index contributed by atoms with van der Waals surface area (Å²) in [5.41, 5.74) is 7.09. The van der Waals surface area contributed by atoms with E-state index < -0.39 is 0 Å². The van der Waals surface area contributed by atoms with E-state index in [4.69, 9.17) is 5.73 Å². The first-order valence-electron chi connectivity index (χ1n) is 5.92. The molecule has 0 bridgehead atoms. The van der Waals surface area contributed by atoms with Gasteiger partial charge in [-0.25, -0.2) is 4.52 Å². The summed E-state index contributed by atoms with van der Waals surface area (Å²) in [6, 6.07) is 5.94. The summed E-state index contributed by atoms with van der Waals surface area (Å²) in [4.78, 5) is 11.0. The molecule has 5 nitrogen and oxygen atoms in total. The molecular weight excluding hydrogens is 228 g/mol. The molecule has 2 heterocycles. The van der Waals surface area contributed by atoms with Crippen molar-refractivity contribution in [3.8, 4) is 0 Å². The van der Waals surface area contributed by atoms with E-state index in [2.05, 4.69) is 10.4 Å². The van der Waals surface area contributed by atoms with Gasteiger partial charge in [-0.15, -0.1) is 0 Å². The van der Waals surface area contributed by atoms with Crippen LogP contribution in [0.25, 0.3) is 5.52 Å². The molecule has 2 aromatic heterocycles. The number of pyridine rings is 1. The smallest absolute Gasteiger partial charge is 0.219 e. The first kappa shape index (κ1) is 12.6. The summed E-state index contributed by atoms with van der Waals surface area (Å²) < 4.78 is 1.83. The average molecular weight is 246 g/mol. The van der Waals surface area contributed by atoms with Gasteiger partial charge in [0, 0.05) is 30.3 Å². The Labute approximate surface area is 106 Å². The number of carbonyl (C=O) groups is 1. The Kier molecular flexibility index (Phi) is 3.34. The quantitative estimate of drug-likeness (QED) is 0.829. The summed E-state index contributed by atoms with van der Waals surface area (Å²) in [6.07, 6.45) is 4.06. The number of primary amides is 1. The van der Waals surface area contributed by atoms with Gasteiger partial charge in [-0.1, -0.05) is 6.07 Å². The fraction of sp³-hybridized carbons (Fsp3) is 0.385. The molecular formula is C13H18N4O. The van der Waals surface area contributed by atoms with Gasteiger partial charge >= 0.3 is 0 Å². The molecule has 0 spiro atoms. The SMILES string of the molecule is CC(C)(CC(N)=O)NCc1cnn2ccccc12. The van der Waals surface area contributed by atoms with Crippen molar-refractivity contribution in [2.75, 3.05) is 0 Å². The van der Waals surface area contributed by atoms with E-state index in [9.17, 15) is 4.79 Å². The Bertz CT molecular complexity index is 559. The third kappa shape index (κ3) is 2.87. The number of rotatable bonds is 5. The van der Waals surface area contributed by atoms with E-state index in [-0.39, 0.29) is 11.4 Å². The Balaban J connectivity index is 2.08. The van der Waals surface area contributed by atoms with Crippen LogP contribution in [0.15, 0.2) is 30.6 Å². The van der Waals surface area contributed by atoms with Crippen molar-refractivity contribution < 1.29 is 4.79 Å². The number of hydrogen-bond acceptors (Lipinski definition) is 3. The maximum absolute atomic E-state index is 11.0. The van der Waals surface area contributed by atoms with E-state index in [0.717, 1.165) is 11.1 Å². The van der Waals surface area contributed by atoms with Crippen LogP contribution >= 0.6 is 0 Å². The molecule has 0 aliphatic rings. The molecule has 2 aromatic rings. The number of carbonyl (C=O) groups excluding carboxylic acids is 1. The summed E-state index contributed by atoms with van der Waals surface area (Å²) in [7, 11) is 0. The number of hydrogen-bond donors (Lipinski definition) is 2. The second-order valence-electron chi connectivity index (χ2n) is 5.08. The Hall–Kier alpha value is -1.88. The standard InChI is InChI=1S/C13H18N4O/c1-13(2,7-12(14)18)15-8-10-9-16-17-6-4-3-5-11(10)17/h3-6,9,15H,7-8H2,1-2H3,(H2,14,18). The van der Waals surface area contributed by atoms with Crippen molar-refractivity contribution in [2.24, 2.45) is 5.73 Å². The lowest BCUT2D eigenvalue weighted by molar-refractivity contribution is -0.119. The van der Waals surface area contributed by atoms with Crippen LogP contribution in [0.3, 0.4) is 0 Å². The van der Waals surface area contributed by atoms with Gasteiger partial charge in [0.1, 0.15) is 0 Å². The molecule has 0 aliphatic heterocycles. The van der Waals surface area contributed by atoms with Crippen LogP contribution in [-0.4, -0.2) is 21.1 Å². The van der Waals surface area contributed by atoms with Gasteiger partial charge in [0.2, 0.25) is 5.91 Å². The van der Waals surface area contributed by atoms with E-state index in [1.54, 1.807) is 0 Å². The van der Waals surface area contributed by atoms with E-state index >= 15 is 0 Å². The fourth-order valence-electron chi connectivity index (χ4n) is 1.96. The largest absolute Gasteiger partial charge is 0.370 e. The Morgan fingerprint density at radius 2 is 2.28 bits per heavy atom. The lowest BCUT2D eigenvalue weighted by Crippen LogP contribution is -2.42. The minimum Gasteiger partial charge on any atom is -0.370 e. The Morgan fingerprint density at radius 1 is 1.50 bits per heavy atom. The van der Waals surface area contributed by atoms with Crippen molar-refractivity contribution in [1.29, 1.82) is 0 Å². The van der Waals surface area contributed by atoms with E-state index in [0.29, 0.717) is 13.0 Å². The van der Waals surface area contributed by atoms with Gasteiger partial charge in [-0.2, -0.15) is 5.10 Å². The summed E-state index contributed by atoms with van der Waals surface area (Å²) >= 11 is 0. The minimum absolute atomic E-state index is 0.299. The van der Waals surface area contributed by atoms with Crippen LogP contribution in [0.1, 0.15) is 25.8 Å². The molecule has 18 heavy (non-hydrogen) atoms. The number of nitrogens with two attached hydrogens (primary N) is 1. The summed E-state index contributed by atoms with van der Waals surface area (Å²) in [5.74, 6) is -0.299. The Morgan fingerprint density at radius 3 is 3.00 bits per heavy atom. The van der Waals surface area contributed by atoms with Crippen LogP contribution in [0.2, 0.25) is 0 Å². The highest BCUT2D eigenvalue weighted by molar-refractivity contribution is 5.75. The fourth-order valence-corrected chi connectivity index (χ4v) is 1.96. The second kappa shape index (κ2) is 4.78. The first-order valence-corrected chi connectivity index (χ1v) is 5.92. The molecule has 0 unspecified atom stereocenters. The zero-order valence-corrected chi connectivity index (χ0v) is 10.7. The molecule has 0 aromatic carbocycles. The topological polar surface area (TPSA) is 72.4 Å². The van der Waals surface area contributed by atoms with E-state index in [1.807, 2.05) is 49.0 Å².